The zero-order chi connectivity index (χ0) is 8.97. The van der Waals surface area contributed by atoms with Crippen LogP contribution in [0.2, 0.25) is 0 Å². The molecule has 0 heterocycles. The molecule has 0 N–H and O–H groups in total. The molecule has 67 valence electrons. The van der Waals surface area contributed by atoms with Gasteiger partial charge in [-0.15, -0.1) is 0 Å². The molecule has 0 aromatic heterocycles. The summed E-state index contributed by atoms with van der Waals surface area (Å²) in [6.07, 6.45) is 8.52. The van der Waals surface area contributed by atoms with Crippen LogP contribution in [-0.2, 0) is 4.79 Å². The molecular weight excluding hydrogens is 148 g/mol. The summed E-state index contributed by atoms with van der Waals surface area (Å²) >= 11 is 0. The minimum Gasteiger partial charge on any atom is -0.299 e. The molecule has 1 rings (SSSR count). The largest absolute Gasteiger partial charge is 0.299 e. The van der Waals surface area contributed by atoms with Crippen molar-refractivity contribution in [1.82, 2.24) is 0 Å². The van der Waals surface area contributed by atoms with Crippen LogP contribution in [0.4, 0.5) is 0 Å². The van der Waals surface area contributed by atoms with Crippen LogP contribution in [0.15, 0.2) is 0 Å². The molecule has 0 atom stereocenters. The lowest BCUT2D eigenvalue weighted by molar-refractivity contribution is -0.114. The van der Waals surface area contributed by atoms with Gasteiger partial charge in [0.05, 0.1) is 0 Å². The van der Waals surface area contributed by atoms with E-state index in [0.29, 0.717) is 11.8 Å². The van der Waals surface area contributed by atoms with Gasteiger partial charge in [0.1, 0.15) is 5.78 Å². The van der Waals surface area contributed by atoms with E-state index in [1.165, 1.54) is 32.1 Å². The van der Waals surface area contributed by atoms with E-state index in [0.717, 1.165) is 0 Å². The van der Waals surface area contributed by atoms with Crippen LogP contribution in [-0.4, -0.2) is 5.78 Å². The SMILES string of the molecule is [CH2][C]([CH]C1CCCCC1)C(C)=O. The average Bonchev–Trinajstić information content (AvgIpc) is 2.06. The van der Waals surface area contributed by atoms with Gasteiger partial charge in [0, 0.05) is 5.92 Å². The zero-order valence-electron chi connectivity index (χ0n) is 7.81. The first kappa shape index (κ1) is 9.76. The van der Waals surface area contributed by atoms with Crippen LogP contribution in [0.1, 0.15) is 39.0 Å². The first-order valence-electron chi connectivity index (χ1n) is 4.75. The molecular formula is C11H17O. The summed E-state index contributed by atoms with van der Waals surface area (Å²) in [7, 11) is 0. The number of ketones is 1. The Morgan fingerprint density at radius 1 is 1.33 bits per heavy atom. The van der Waals surface area contributed by atoms with E-state index < -0.39 is 0 Å². The summed E-state index contributed by atoms with van der Waals surface area (Å²) < 4.78 is 0. The molecule has 0 unspecified atom stereocenters. The van der Waals surface area contributed by atoms with E-state index in [-0.39, 0.29) is 5.78 Å². The molecule has 1 nitrogen and oxygen atoms in total. The quantitative estimate of drug-likeness (QED) is 0.628. The lowest BCUT2D eigenvalue weighted by atomic mass is 9.82. The van der Waals surface area contributed by atoms with Gasteiger partial charge in [0.25, 0.3) is 0 Å². The van der Waals surface area contributed by atoms with Crippen molar-refractivity contribution in [1.29, 1.82) is 0 Å². The Morgan fingerprint density at radius 3 is 2.42 bits per heavy atom. The fourth-order valence-corrected chi connectivity index (χ4v) is 1.70. The number of carbonyl (C=O) groups is 1. The molecule has 3 radical (unpaired) electrons. The highest BCUT2D eigenvalue weighted by Gasteiger charge is 2.19. The van der Waals surface area contributed by atoms with Crippen LogP contribution in [0.25, 0.3) is 0 Å². The normalized spacial score (nSPS) is 19.9. The Hall–Kier alpha value is -0.330. The summed E-state index contributed by atoms with van der Waals surface area (Å²) in [4.78, 5) is 10.9. The van der Waals surface area contributed by atoms with Crippen LogP contribution >= 0.6 is 0 Å². The number of hydrogen-bond donors (Lipinski definition) is 0. The zero-order valence-corrected chi connectivity index (χ0v) is 7.81. The maximum atomic E-state index is 10.9. The van der Waals surface area contributed by atoms with Crippen LogP contribution in [0.3, 0.4) is 0 Å². The second-order valence-electron chi connectivity index (χ2n) is 3.65. The first-order valence-corrected chi connectivity index (χ1v) is 4.75. The molecule has 1 aliphatic rings. The smallest absolute Gasteiger partial charge is 0.137 e. The summed E-state index contributed by atoms with van der Waals surface area (Å²) in [6, 6.07) is 0. The first-order chi connectivity index (χ1) is 5.70. The Morgan fingerprint density at radius 2 is 1.92 bits per heavy atom. The molecule has 1 heteroatoms. The minimum absolute atomic E-state index is 0.112. The van der Waals surface area contributed by atoms with Crippen molar-refractivity contribution >= 4 is 5.78 Å². The Kier molecular flexibility index (Phi) is 3.77. The van der Waals surface area contributed by atoms with Gasteiger partial charge in [-0.1, -0.05) is 32.1 Å². The summed E-state index contributed by atoms with van der Waals surface area (Å²) in [5.74, 6) is 1.43. The average molecular weight is 165 g/mol. The summed E-state index contributed by atoms with van der Waals surface area (Å²) in [6.45, 7) is 5.33. The molecule has 1 fully saturated rings. The van der Waals surface area contributed by atoms with E-state index in [2.05, 4.69) is 13.3 Å². The van der Waals surface area contributed by atoms with Crippen molar-refractivity contribution in [2.45, 2.75) is 39.0 Å². The maximum absolute atomic E-state index is 10.9. The van der Waals surface area contributed by atoms with E-state index in [1.807, 2.05) is 0 Å². The van der Waals surface area contributed by atoms with E-state index in [9.17, 15) is 4.79 Å². The van der Waals surface area contributed by atoms with Gasteiger partial charge in [-0.3, -0.25) is 4.79 Å². The van der Waals surface area contributed by atoms with Crippen molar-refractivity contribution in [3.05, 3.63) is 19.3 Å². The number of hydrogen-bond acceptors (Lipinski definition) is 1. The van der Waals surface area contributed by atoms with Gasteiger partial charge >= 0.3 is 0 Å². The second kappa shape index (κ2) is 4.64. The number of Topliss-reactive ketones (excluding diaryl/α,β-unsaturated/α-hetero) is 1. The Balaban J connectivity index is 2.24. The lowest BCUT2D eigenvalue weighted by Crippen LogP contribution is -2.14. The highest BCUT2D eigenvalue weighted by atomic mass is 16.1. The molecule has 0 aromatic rings. The summed E-state index contributed by atoms with van der Waals surface area (Å²) in [5.41, 5.74) is 0. The third-order valence-electron chi connectivity index (χ3n) is 2.54. The third-order valence-corrected chi connectivity index (χ3v) is 2.54. The van der Waals surface area contributed by atoms with Gasteiger partial charge in [0.15, 0.2) is 0 Å². The van der Waals surface area contributed by atoms with Crippen molar-refractivity contribution < 1.29 is 4.79 Å². The molecule has 0 amide bonds. The molecule has 0 aliphatic heterocycles. The molecule has 0 bridgehead atoms. The van der Waals surface area contributed by atoms with Crippen LogP contribution < -0.4 is 0 Å². The van der Waals surface area contributed by atoms with E-state index in [1.54, 1.807) is 6.92 Å². The number of rotatable bonds is 3. The molecule has 0 saturated heterocycles. The minimum atomic E-state index is 0.112. The van der Waals surface area contributed by atoms with E-state index >= 15 is 0 Å². The maximum Gasteiger partial charge on any atom is 0.137 e. The van der Waals surface area contributed by atoms with Gasteiger partial charge in [-0.05, 0) is 26.2 Å². The lowest BCUT2D eigenvalue weighted by Gasteiger charge is -2.22. The van der Waals surface area contributed by atoms with Gasteiger partial charge in [0.2, 0.25) is 0 Å². The van der Waals surface area contributed by atoms with E-state index in [4.69, 9.17) is 0 Å². The van der Waals surface area contributed by atoms with Crippen molar-refractivity contribution in [3.63, 3.8) is 0 Å². The highest BCUT2D eigenvalue weighted by molar-refractivity contribution is 5.92. The predicted molar refractivity (Wildman–Crippen MR) is 50.2 cm³/mol. The summed E-state index contributed by atoms with van der Waals surface area (Å²) in [5, 5.41) is 0. The molecule has 1 aliphatic carbocycles. The van der Waals surface area contributed by atoms with Crippen LogP contribution in [0.5, 0.6) is 0 Å². The van der Waals surface area contributed by atoms with Gasteiger partial charge in [-0.25, -0.2) is 0 Å². The Bertz CT molecular complexity index is 145. The van der Waals surface area contributed by atoms with Crippen molar-refractivity contribution in [3.8, 4) is 0 Å². The molecule has 0 aromatic carbocycles. The standard InChI is InChI=1S/C11H17O/c1-9(10(2)12)8-11-6-4-3-5-7-11/h8,11H,1,3-7H2,2H3. The second-order valence-corrected chi connectivity index (χ2v) is 3.65. The fraction of sp³-hybridized carbons (Fsp3) is 0.636. The number of carbonyl (C=O) groups excluding carboxylic acids is 1. The fourth-order valence-electron chi connectivity index (χ4n) is 1.70. The molecule has 0 spiro atoms. The predicted octanol–water partition coefficient (Wildman–Crippen LogP) is 2.77. The topological polar surface area (TPSA) is 17.1 Å². The van der Waals surface area contributed by atoms with Crippen LogP contribution in [0, 0.1) is 25.2 Å². The van der Waals surface area contributed by atoms with Crippen molar-refractivity contribution in [2.24, 2.45) is 5.92 Å². The van der Waals surface area contributed by atoms with Gasteiger partial charge in [-0.2, -0.15) is 0 Å². The molecule has 1 saturated carbocycles. The monoisotopic (exact) mass is 165 g/mol. The Labute approximate surface area is 75.5 Å². The van der Waals surface area contributed by atoms with Gasteiger partial charge < -0.3 is 0 Å². The highest BCUT2D eigenvalue weighted by Crippen LogP contribution is 2.28. The van der Waals surface area contributed by atoms with Crippen molar-refractivity contribution in [2.75, 3.05) is 0 Å². The third kappa shape index (κ3) is 2.96. The molecule has 12 heavy (non-hydrogen) atoms.